The lowest BCUT2D eigenvalue weighted by Gasteiger charge is -2.08. The predicted molar refractivity (Wildman–Crippen MR) is 72.6 cm³/mol. The summed E-state index contributed by atoms with van der Waals surface area (Å²) in [6.45, 7) is 0. The molecule has 0 aliphatic heterocycles. The topological polar surface area (TPSA) is 83.5 Å². The molecule has 100 valence electrons. The lowest BCUT2D eigenvalue weighted by Crippen LogP contribution is -2.23. The second kappa shape index (κ2) is 5.79. The van der Waals surface area contributed by atoms with Gasteiger partial charge in [0.2, 0.25) is 0 Å². The Balaban J connectivity index is 2.35. The number of aliphatic carboxylic acids is 1. The molecule has 0 atom stereocenters. The molecule has 0 saturated carbocycles. The Morgan fingerprint density at radius 1 is 0.850 bits per heavy atom. The zero-order valence-electron chi connectivity index (χ0n) is 10.4. The summed E-state index contributed by atoms with van der Waals surface area (Å²) >= 11 is 0. The molecule has 0 radical (unpaired) electrons. The summed E-state index contributed by atoms with van der Waals surface area (Å²) in [6.07, 6.45) is 0. The highest BCUT2D eigenvalue weighted by Gasteiger charge is 2.17. The molecule has 2 rings (SSSR count). The van der Waals surface area contributed by atoms with Crippen molar-refractivity contribution in [2.24, 2.45) is 0 Å². The number of carboxylic acid groups (broad SMARTS) is 1. The van der Waals surface area contributed by atoms with Crippen LogP contribution in [-0.4, -0.2) is 22.8 Å². The number of carbonyl (C=O) groups excluding carboxylic acids is 2. The average Bonchev–Trinajstić information content (AvgIpc) is 2.48. The van der Waals surface area contributed by atoms with E-state index in [1.807, 2.05) is 0 Å². The van der Waals surface area contributed by atoms with Gasteiger partial charge in [-0.2, -0.15) is 0 Å². The summed E-state index contributed by atoms with van der Waals surface area (Å²) in [7, 11) is 0. The van der Waals surface area contributed by atoms with Crippen LogP contribution in [0.4, 0.5) is 5.69 Å². The average molecular weight is 269 g/mol. The van der Waals surface area contributed by atoms with E-state index in [4.69, 9.17) is 5.11 Å². The maximum Gasteiger partial charge on any atom is 0.394 e. The van der Waals surface area contributed by atoms with Gasteiger partial charge in [-0.25, -0.2) is 4.79 Å². The number of carbonyl (C=O) groups is 3. The van der Waals surface area contributed by atoms with E-state index < -0.39 is 11.9 Å². The number of rotatable bonds is 3. The molecule has 0 aromatic heterocycles. The molecular weight excluding hydrogens is 258 g/mol. The summed E-state index contributed by atoms with van der Waals surface area (Å²) in [5, 5.41) is 10.8. The Hall–Kier alpha value is -2.95. The van der Waals surface area contributed by atoms with E-state index in [2.05, 4.69) is 5.32 Å². The lowest BCUT2D eigenvalue weighted by molar-refractivity contribution is -0.147. The number of amides is 1. The van der Waals surface area contributed by atoms with E-state index in [0.29, 0.717) is 5.56 Å². The van der Waals surface area contributed by atoms with Crippen molar-refractivity contribution in [3.8, 4) is 0 Å². The summed E-state index contributed by atoms with van der Waals surface area (Å²) in [5.74, 6) is -3.07. The van der Waals surface area contributed by atoms with Crippen LogP contribution < -0.4 is 5.32 Å². The third-order valence-electron chi connectivity index (χ3n) is 2.65. The number of anilines is 1. The second-order valence-corrected chi connectivity index (χ2v) is 4.00. The van der Waals surface area contributed by atoms with Gasteiger partial charge >= 0.3 is 11.9 Å². The van der Waals surface area contributed by atoms with E-state index in [1.165, 1.54) is 12.1 Å². The molecule has 2 aromatic rings. The van der Waals surface area contributed by atoms with Gasteiger partial charge in [0.15, 0.2) is 5.78 Å². The highest BCUT2D eigenvalue weighted by atomic mass is 16.4. The zero-order chi connectivity index (χ0) is 14.5. The van der Waals surface area contributed by atoms with Crippen LogP contribution in [0.1, 0.15) is 15.9 Å². The molecule has 0 spiro atoms. The monoisotopic (exact) mass is 269 g/mol. The summed E-state index contributed by atoms with van der Waals surface area (Å²) in [4.78, 5) is 34.1. The molecule has 0 bridgehead atoms. The zero-order valence-corrected chi connectivity index (χ0v) is 10.4. The fraction of sp³-hybridized carbons (Fsp3) is 0. The minimum absolute atomic E-state index is 0.175. The quantitative estimate of drug-likeness (QED) is 0.659. The van der Waals surface area contributed by atoms with Gasteiger partial charge < -0.3 is 10.4 Å². The molecule has 0 unspecified atom stereocenters. The number of hydrogen-bond acceptors (Lipinski definition) is 3. The third kappa shape index (κ3) is 2.89. The fourth-order valence-corrected chi connectivity index (χ4v) is 1.71. The van der Waals surface area contributed by atoms with Gasteiger partial charge in [0.1, 0.15) is 0 Å². The van der Waals surface area contributed by atoms with Gasteiger partial charge in [-0.3, -0.25) is 9.59 Å². The lowest BCUT2D eigenvalue weighted by atomic mass is 10.0. The van der Waals surface area contributed by atoms with E-state index in [9.17, 15) is 14.4 Å². The number of carboxylic acids is 1. The van der Waals surface area contributed by atoms with Crippen LogP contribution >= 0.6 is 0 Å². The van der Waals surface area contributed by atoms with Crippen molar-refractivity contribution in [2.45, 2.75) is 0 Å². The Morgan fingerprint density at radius 3 is 2.10 bits per heavy atom. The van der Waals surface area contributed by atoms with E-state index >= 15 is 0 Å². The van der Waals surface area contributed by atoms with Gasteiger partial charge in [-0.1, -0.05) is 42.5 Å². The van der Waals surface area contributed by atoms with Gasteiger partial charge in [-0.15, -0.1) is 0 Å². The third-order valence-corrected chi connectivity index (χ3v) is 2.65. The molecule has 5 nitrogen and oxygen atoms in total. The maximum atomic E-state index is 12.3. The molecule has 0 fully saturated rings. The van der Waals surface area contributed by atoms with Gasteiger partial charge in [0, 0.05) is 11.1 Å². The van der Waals surface area contributed by atoms with E-state index in [1.54, 1.807) is 42.5 Å². The first kappa shape index (κ1) is 13.5. The van der Waals surface area contributed by atoms with E-state index in [0.717, 1.165) is 0 Å². The predicted octanol–water partition coefficient (Wildman–Crippen LogP) is 1.94. The van der Waals surface area contributed by atoms with Crippen LogP contribution in [0.3, 0.4) is 0 Å². The Kier molecular flexibility index (Phi) is 3.91. The van der Waals surface area contributed by atoms with Crippen molar-refractivity contribution in [3.05, 3.63) is 65.7 Å². The number of para-hydroxylation sites is 1. The van der Waals surface area contributed by atoms with Crippen molar-refractivity contribution < 1.29 is 19.5 Å². The summed E-state index contributed by atoms with van der Waals surface area (Å²) in [5.41, 5.74) is 0.881. The second-order valence-electron chi connectivity index (χ2n) is 4.00. The number of benzene rings is 2. The maximum absolute atomic E-state index is 12.3. The van der Waals surface area contributed by atoms with Crippen LogP contribution in [0, 0.1) is 0 Å². The summed E-state index contributed by atoms with van der Waals surface area (Å²) < 4.78 is 0. The number of hydrogen-bond donors (Lipinski definition) is 2. The van der Waals surface area contributed by atoms with Crippen molar-refractivity contribution in [3.63, 3.8) is 0 Å². The van der Waals surface area contributed by atoms with Crippen molar-refractivity contribution in [1.82, 2.24) is 0 Å². The first-order valence-corrected chi connectivity index (χ1v) is 5.82. The standard InChI is InChI=1S/C15H11NO4/c17-13(10-6-2-1-3-7-10)11-8-4-5-9-12(11)16-14(18)15(19)20/h1-9H,(H,16,18)(H,19,20). The highest BCUT2D eigenvalue weighted by molar-refractivity contribution is 6.37. The molecule has 0 aliphatic rings. The van der Waals surface area contributed by atoms with Crippen LogP contribution in [0.25, 0.3) is 0 Å². The highest BCUT2D eigenvalue weighted by Crippen LogP contribution is 2.19. The smallest absolute Gasteiger partial charge is 0.394 e. The molecule has 20 heavy (non-hydrogen) atoms. The minimum Gasteiger partial charge on any atom is -0.474 e. The first-order chi connectivity index (χ1) is 9.59. The van der Waals surface area contributed by atoms with Crippen LogP contribution in [0.2, 0.25) is 0 Å². The molecule has 2 N–H and O–H groups in total. The molecule has 0 saturated heterocycles. The molecule has 5 heteroatoms. The summed E-state index contributed by atoms with van der Waals surface area (Å²) in [6, 6.07) is 14.8. The Labute approximate surface area is 114 Å². The van der Waals surface area contributed by atoms with Crippen LogP contribution in [0.5, 0.6) is 0 Å². The van der Waals surface area contributed by atoms with Crippen molar-refractivity contribution in [1.29, 1.82) is 0 Å². The molecule has 0 aliphatic carbocycles. The molecule has 1 amide bonds. The van der Waals surface area contributed by atoms with Crippen molar-refractivity contribution >= 4 is 23.3 Å². The molecule has 2 aromatic carbocycles. The normalized spacial score (nSPS) is 9.80. The molecule has 0 heterocycles. The first-order valence-electron chi connectivity index (χ1n) is 5.82. The largest absolute Gasteiger partial charge is 0.474 e. The van der Waals surface area contributed by atoms with Gasteiger partial charge in [0.25, 0.3) is 0 Å². The van der Waals surface area contributed by atoms with Gasteiger partial charge in [-0.05, 0) is 12.1 Å². The minimum atomic E-state index is -1.60. The Bertz CT molecular complexity index is 665. The van der Waals surface area contributed by atoms with Crippen LogP contribution in [0.15, 0.2) is 54.6 Å². The van der Waals surface area contributed by atoms with Crippen molar-refractivity contribution in [2.75, 3.05) is 5.32 Å². The SMILES string of the molecule is O=C(O)C(=O)Nc1ccccc1C(=O)c1ccccc1. The molecular formula is C15H11NO4. The van der Waals surface area contributed by atoms with Crippen LogP contribution in [-0.2, 0) is 9.59 Å². The number of nitrogens with one attached hydrogen (secondary N) is 1. The fourth-order valence-electron chi connectivity index (χ4n) is 1.71. The van der Waals surface area contributed by atoms with E-state index in [-0.39, 0.29) is 17.0 Å². The van der Waals surface area contributed by atoms with Gasteiger partial charge in [0.05, 0.1) is 5.69 Å². The Morgan fingerprint density at radius 2 is 1.45 bits per heavy atom. The number of ketones is 1.